The third-order valence-corrected chi connectivity index (χ3v) is 4.95. The van der Waals surface area contributed by atoms with Gasteiger partial charge in [-0.15, -0.1) is 0 Å². The molecule has 1 aliphatic heterocycles. The molecule has 0 aliphatic carbocycles. The van der Waals surface area contributed by atoms with Crippen LogP contribution in [0.2, 0.25) is 0 Å². The van der Waals surface area contributed by atoms with Gasteiger partial charge >= 0.3 is 0 Å². The molecule has 1 amide bonds. The van der Waals surface area contributed by atoms with E-state index in [0.717, 1.165) is 36.6 Å². The van der Waals surface area contributed by atoms with Crippen LogP contribution in [-0.2, 0) is 4.79 Å². The summed E-state index contributed by atoms with van der Waals surface area (Å²) in [6.45, 7) is 8.29. The summed E-state index contributed by atoms with van der Waals surface area (Å²) >= 11 is 7.22. The van der Waals surface area contributed by atoms with Crippen LogP contribution in [0.3, 0.4) is 0 Å². The number of nitrogens with zero attached hydrogens (tertiary/aromatic N) is 1. The maximum absolute atomic E-state index is 11.7. The van der Waals surface area contributed by atoms with Crippen molar-refractivity contribution in [3.8, 4) is 0 Å². The standard InChI is InChI=1S/C17H25N3OS2/c1-17(2,3)23-12-10-18-16(22)19-13-6-8-14(9-7-13)20-11-4-5-15(20)21/h6-9H,4-5,10-12H2,1-3H3,(H2,18,19,22). The minimum Gasteiger partial charge on any atom is -0.362 e. The fourth-order valence-corrected chi connectivity index (χ4v) is 3.38. The van der Waals surface area contributed by atoms with Gasteiger partial charge in [0.2, 0.25) is 5.91 Å². The van der Waals surface area contributed by atoms with Crippen molar-refractivity contribution in [2.75, 3.05) is 29.1 Å². The van der Waals surface area contributed by atoms with E-state index in [4.69, 9.17) is 12.2 Å². The van der Waals surface area contributed by atoms with Crippen LogP contribution >= 0.6 is 24.0 Å². The summed E-state index contributed by atoms with van der Waals surface area (Å²) in [6.07, 6.45) is 1.60. The lowest BCUT2D eigenvalue weighted by molar-refractivity contribution is -0.117. The molecule has 2 N–H and O–H groups in total. The number of carbonyl (C=O) groups is 1. The van der Waals surface area contributed by atoms with E-state index in [9.17, 15) is 4.79 Å². The molecule has 1 aromatic carbocycles. The third kappa shape index (κ3) is 6.03. The van der Waals surface area contributed by atoms with Crippen molar-refractivity contribution in [2.45, 2.75) is 38.4 Å². The first kappa shape index (κ1) is 18.1. The fraction of sp³-hybridized carbons (Fsp3) is 0.529. The van der Waals surface area contributed by atoms with Crippen LogP contribution < -0.4 is 15.5 Å². The predicted octanol–water partition coefficient (Wildman–Crippen LogP) is 3.63. The Hall–Kier alpha value is -1.27. The summed E-state index contributed by atoms with van der Waals surface area (Å²) in [5.74, 6) is 1.22. The second kappa shape index (κ2) is 8.02. The van der Waals surface area contributed by atoms with Crippen molar-refractivity contribution in [3.05, 3.63) is 24.3 Å². The van der Waals surface area contributed by atoms with E-state index in [1.54, 1.807) is 0 Å². The van der Waals surface area contributed by atoms with Crippen molar-refractivity contribution in [2.24, 2.45) is 0 Å². The Balaban J connectivity index is 1.77. The van der Waals surface area contributed by atoms with Crippen molar-refractivity contribution >= 4 is 46.4 Å². The Labute approximate surface area is 148 Å². The fourth-order valence-electron chi connectivity index (χ4n) is 2.34. The SMILES string of the molecule is CC(C)(C)SCCNC(=S)Nc1ccc(N2CCCC2=O)cc1. The zero-order chi connectivity index (χ0) is 16.9. The summed E-state index contributed by atoms with van der Waals surface area (Å²) in [4.78, 5) is 13.6. The van der Waals surface area contributed by atoms with Crippen LogP contribution in [0.15, 0.2) is 24.3 Å². The smallest absolute Gasteiger partial charge is 0.227 e. The van der Waals surface area contributed by atoms with Crippen LogP contribution in [-0.4, -0.2) is 34.6 Å². The van der Waals surface area contributed by atoms with Crippen LogP contribution in [0, 0.1) is 0 Å². The molecule has 126 valence electrons. The molecule has 0 radical (unpaired) electrons. The number of rotatable bonds is 5. The molecule has 1 heterocycles. The van der Waals surface area contributed by atoms with Crippen molar-refractivity contribution in [1.82, 2.24) is 5.32 Å². The van der Waals surface area contributed by atoms with Gasteiger partial charge in [-0.25, -0.2) is 0 Å². The van der Waals surface area contributed by atoms with E-state index < -0.39 is 0 Å². The van der Waals surface area contributed by atoms with E-state index in [1.807, 2.05) is 40.9 Å². The van der Waals surface area contributed by atoms with E-state index in [1.165, 1.54) is 0 Å². The molecule has 1 aromatic rings. The zero-order valence-corrected chi connectivity index (χ0v) is 15.6. The molecule has 1 saturated heterocycles. The Morgan fingerprint density at radius 2 is 2.00 bits per heavy atom. The molecule has 0 unspecified atom stereocenters. The number of nitrogens with one attached hydrogen (secondary N) is 2. The number of thioether (sulfide) groups is 1. The molecule has 23 heavy (non-hydrogen) atoms. The normalized spacial score (nSPS) is 14.9. The molecule has 0 bridgehead atoms. The summed E-state index contributed by atoms with van der Waals surface area (Å²) in [7, 11) is 0. The largest absolute Gasteiger partial charge is 0.362 e. The number of hydrogen-bond acceptors (Lipinski definition) is 3. The number of anilines is 2. The van der Waals surface area contributed by atoms with Gasteiger partial charge in [0.1, 0.15) is 0 Å². The predicted molar refractivity (Wildman–Crippen MR) is 104 cm³/mol. The lowest BCUT2D eigenvalue weighted by atomic mass is 10.2. The number of thiocarbonyl (C=S) groups is 1. The van der Waals surface area contributed by atoms with E-state index in [0.29, 0.717) is 11.5 Å². The van der Waals surface area contributed by atoms with E-state index in [-0.39, 0.29) is 10.7 Å². The summed E-state index contributed by atoms with van der Waals surface area (Å²) < 4.78 is 0.277. The average Bonchev–Trinajstić information content (AvgIpc) is 2.90. The minimum absolute atomic E-state index is 0.208. The highest BCUT2D eigenvalue weighted by Gasteiger charge is 2.21. The summed E-state index contributed by atoms with van der Waals surface area (Å²) in [5, 5.41) is 7.02. The maximum atomic E-state index is 11.7. The van der Waals surface area contributed by atoms with Gasteiger partial charge in [0.15, 0.2) is 5.11 Å². The maximum Gasteiger partial charge on any atom is 0.227 e. The summed E-state index contributed by atoms with van der Waals surface area (Å²) in [6, 6.07) is 7.84. The Bertz CT molecular complexity index is 552. The highest BCUT2D eigenvalue weighted by atomic mass is 32.2. The number of hydrogen-bond donors (Lipinski definition) is 2. The quantitative estimate of drug-likeness (QED) is 0.626. The van der Waals surface area contributed by atoms with Crippen LogP contribution in [0.1, 0.15) is 33.6 Å². The molecular formula is C17H25N3OS2. The molecule has 1 fully saturated rings. The first-order valence-electron chi connectivity index (χ1n) is 7.94. The van der Waals surface area contributed by atoms with Gasteiger partial charge in [0.05, 0.1) is 0 Å². The van der Waals surface area contributed by atoms with Gasteiger partial charge in [0, 0.05) is 41.4 Å². The highest BCUT2D eigenvalue weighted by Crippen LogP contribution is 2.23. The third-order valence-electron chi connectivity index (χ3n) is 3.43. The first-order valence-corrected chi connectivity index (χ1v) is 9.34. The summed E-state index contributed by atoms with van der Waals surface area (Å²) in [5.41, 5.74) is 1.89. The van der Waals surface area contributed by atoms with Crippen LogP contribution in [0.25, 0.3) is 0 Å². The molecule has 0 atom stereocenters. The van der Waals surface area contributed by atoms with Crippen molar-refractivity contribution in [1.29, 1.82) is 0 Å². The molecule has 0 spiro atoms. The second-order valence-corrected chi connectivity index (χ2v) is 8.87. The zero-order valence-electron chi connectivity index (χ0n) is 14.0. The van der Waals surface area contributed by atoms with Gasteiger partial charge in [-0.2, -0.15) is 11.8 Å². The average molecular weight is 352 g/mol. The van der Waals surface area contributed by atoms with Crippen molar-refractivity contribution in [3.63, 3.8) is 0 Å². The molecule has 4 nitrogen and oxygen atoms in total. The number of carbonyl (C=O) groups excluding carboxylic acids is 1. The topological polar surface area (TPSA) is 44.4 Å². The van der Waals surface area contributed by atoms with Gasteiger partial charge in [0.25, 0.3) is 0 Å². The van der Waals surface area contributed by atoms with E-state index in [2.05, 4.69) is 31.4 Å². The lowest BCUT2D eigenvalue weighted by Gasteiger charge is -2.18. The Kier molecular flexibility index (Phi) is 6.30. The first-order chi connectivity index (χ1) is 10.8. The Morgan fingerprint density at radius 3 is 2.57 bits per heavy atom. The highest BCUT2D eigenvalue weighted by molar-refractivity contribution is 8.00. The molecule has 2 rings (SSSR count). The van der Waals surface area contributed by atoms with Gasteiger partial charge < -0.3 is 15.5 Å². The van der Waals surface area contributed by atoms with E-state index >= 15 is 0 Å². The molecule has 6 heteroatoms. The second-order valence-electron chi connectivity index (χ2n) is 6.54. The monoisotopic (exact) mass is 351 g/mol. The number of benzene rings is 1. The molecule has 0 saturated carbocycles. The minimum atomic E-state index is 0.208. The number of amides is 1. The van der Waals surface area contributed by atoms with Gasteiger partial charge in [-0.05, 0) is 42.9 Å². The molecular weight excluding hydrogens is 326 g/mol. The van der Waals surface area contributed by atoms with Gasteiger partial charge in [-0.3, -0.25) is 4.79 Å². The van der Waals surface area contributed by atoms with Crippen LogP contribution in [0.5, 0.6) is 0 Å². The lowest BCUT2D eigenvalue weighted by Crippen LogP contribution is -2.31. The van der Waals surface area contributed by atoms with Crippen molar-refractivity contribution < 1.29 is 4.79 Å². The Morgan fingerprint density at radius 1 is 1.30 bits per heavy atom. The van der Waals surface area contributed by atoms with Gasteiger partial charge in [-0.1, -0.05) is 20.8 Å². The molecule has 1 aliphatic rings. The van der Waals surface area contributed by atoms with Crippen LogP contribution in [0.4, 0.5) is 11.4 Å². The molecule has 0 aromatic heterocycles.